The molecule has 1 heterocycles. The second kappa shape index (κ2) is 9.89. The van der Waals surface area contributed by atoms with Crippen LogP contribution in [0.5, 0.6) is 0 Å². The molecule has 1 rings (SSSR count). The SMILES string of the molecule is C[Si](C)(C)O[Si](C)(CCCO[C@@H]1O[C@H](CO)[C@@H](O)[C@H](O)[C@H]1O)O[Si](C)(C)C. The van der Waals surface area contributed by atoms with Crippen LogP contribution in [0.25, 0.3) is 0 Å². The minimum Gasteiger partial charge on any atom is -0.437 e. The molecule has 1 aliphatic heterocycles. The van der Waals surface area contributed by atoms with Gasteiger partial charge in [-0.1, -0.05) is 0 Å². The van der Waals surface area contributed by atoms with E-state index in [9.17, 15) is 20.4 Å². The smallest absolute Gasteiger partial charge is 0.314 e. The first-order valence-corrected chi connectivity index (χ1v) is 18.8. The summed E-state index contributed by atoms with van der Waals surface area (Å²) in [6, 6.07) is 0.749. The Morgan fingerprint density at radius 2 is 1.33 bits per heavy atom. The highest BCUT2D eigenvalue weighted by atomic mass is 28.5. The summed E-state index contributed by atoms with van der Waals surface area (Å²) >= 11 is 0. The fourth-order valence-electron chi connectivity index (χ4n) is 3.22. The van der Waals surface area contributed by atoms with Crippen LogP contribution in [0, 0.1) is 0 Å². The van der Waals surface area contributed by atoms with Gasteiger partial charge in [0.25, 0.3) is 0 Å². The van der Waals surface area contributed by atoms with Crippen molar-refractivity contribution in [3.63, 3.8) is 0 Å². The van der Waals surface area contributed by atoms with Gasteiger partial charge in [-0.3, -0.25) is 0 Å². The lowest BCUT2D eigenvalue weighted by Crippen LogP contribution is -2.59. The first-order chi connectivity index (χ1) is 12.2. The molecule has 27 heavy (non-hydrogen) atoms. The van der Waals surface area contributed by atoms with Gasteiger partial charge in [-0.25, -0.2) is 0 Å². The van der Waals surface area contributed by atoms with Crippen molar-refractivity contribution in [2.75, 3.05) is 13.2 Å². The Kier molecular flexibility index (Phi) is 9.29. The van der Waals surface area contributed by atoms with Gasteiger partial charge in [0.15, 0.2) is 22.9 Å². The average molecular weight is 443 g/mol. The van der Waals surface area contributed by atoms with Crippen molar-refractivity contribution >= 4 is 25.2 Å². The fraction of sp³-hybridized carbons (Fsp3) is 1.00. The van der Waals surface area contributed by atoms with Crippen LogP contribution in [-0.2, 0) is 17.7 Å². The molecule has 1 saturated heterocycles. The maximum Gasteiger partial charge on any atom is 0.314 e. The summed E-state index contributed by atoms with van der Waals surface area (Å²) in [7, 11) is -5.88. The highest BCUT2D eigenvalue weighted by Gasteiger charge is 2.44. The zero-order valence-corrected chi connectivity index (χ0v) is 20.6. The Hall–Kier alpha value is 0.331. The zero-order chi connectivity index (χ0) is 21.0. The third kappa shape index (κ3) is 8.70. The van der Waals surface area contributed by atoms with Crippen molar-refractivity contribution in [3.8, 4) is 0 Å². The van der Waals surface area contributed by atoms with Gasteiger partial charge in [0.05, 0.1) is 6.61 Å². The Morgan fingerprint density at radius 1 is 0.815 bits per heavy atom. The number of hydrogen-bond donors (Lipinski definition) is 4. The van der Waals surface area contributed by atoms with E-state index in [1.54, 1.807) is 0 Å². The lowest BCUT2D eigenvalue weighted by molar-refractivity contribution is -0.301. The van der Waals surface area contributed by atoms with Crippen LogP contribution >= 0.6 is 0 Å². The van der Waals surface area contributed by atoms with E-state index in [1.165, 1.54) is 0 Å². The first kappa shape index (κ1) is 25.4. The van der Waals surface area contributed by atoms with E-state index < -0.39 is 62.5 Å². The van der Waals surface area contributed by atoms with Crippen LogP contribution < -0.4 is 0 Å². The van der Waals surface area contributed by atoms with E-state index in [2.05, 4.69) is 45.8 Å². The molecule has 5 atom stereocenters. The molecule has 0 radical (unpaired) electrons. The Morgan fingerprint density at radius 3 is 1.78 bits per heavy atom. The molecule has 0 spiro atoms. The predicted octanol–water partition coefficient (Wildman–Crippen LogP) is 0.968. The van der Waals surface area contributed by atoms with Crippen LogP contribution in [0.1, 0.15) is 6.42 Å². The first-order valence-electron chi connectivity index (χ1n) is 9.50. The minimum atomic E-state index is -2.36. The Balaban J connectivity index is 2.60. The van der Waals surface area contributed by atoms with Crippen LogP contribution in [0.4, 0.5) is 0 Å². The van der Waals surface area contributed by atoms with Gasteiger partial charge in [-0.15, -0.1) is 0 Å². The zero-order valence-electron chi connectivity index (χ0n) is 17.6. The Bertz CT molecular complexity index is 436. The van der Waals surface area contributed by atoms with Crippen LogP contribution in [-0.4, -0.2) is 89.5 Å². The summed E-state index contributed by atoms with van der Waals surface area (Å²) < 4.78 is 23.8. The normalized spacial score (nSPS) is 30.6. The minimum absolute atomic E-state index is 0.287. The molecule has 8 nitrogen and oxygen atoms in total. The predicted molar refractivity (Wildman–Crippen MR) is 110 cm³/mol. The van der Waals surface area contributed by atoms with Crippen molar-refractivity contribution in [3.05, 3.63) is 0 Å². The second-order valence-electron chi connectivity index (χ2n) is 9.23. The molecular weight excluding hydrogens is 404 g/mol. The van der Waals surface area contributed by atoms with E-state index >= 15 is 0 Å². The third-order valence-corrected chi connectivity index (χ3v) is 13.6. The molecule has 0 bridgehead atoms. The van der Waals surface area contributed by atoms with E-state index in [0.717, 1.165) is 6.04 Å². The van der Waals surface area contributed by atoms with Gasteiger partial charge in [0, 0.05) is 6.61 Å². The average Bonchev–Trinajstić information content (AvgIpc) is 2.47. The highest BCUT2D eigenvalue weighted by Crippen LogP contribution is 2.26. The van der Waals surface area contributed by atoms with E-state index in [4.69, 9.17) is 17.7 Å². The van der Waals surface area contributed by atoms with Crippen molar-refractivity contribution in [1.29, 1.82) is 0 Å². The maximum absolute atomic E-state index is 10.0. The van der Waals surface area contributed by atoms with Crippen molar-refractivity contribution in [2.24, 2.45) is 0 Å². The monoisotopic (exact) mass is 442 g/mol. The van der Waals surface area contributed by atoms with Gasteiger partial charge in [0.1, 0.15) is 24.4 Å². The number of aliphatic hydroxyl groups excluding tert-OH is 4. The third-order valence-electron chi connectivity index (χ3n) is 3.95. The lowest BCUT2D eigenvalue weighted by atomic mass is 9.99. The number of aliphatic hydroxyl groups is 4. The van der Waals surface area contributed by atoms with E-state index in [-0.39, 0.29) is 6.61 Å². The molecule has 0 saturated carbocycles. The van der Waals surface area contributed by atoms with Gasteiger partial charge in [-0.05, 0) is 58.3 Å². The molecule has 0 unspecified atom stereocenters. The standard InChI is InChI=1S/C16H38O8Si3/c1-25(2,3)23-27(7,24-26(4,5)6)10-8-9-21-16-15(20)14(19)13(18)12(11-17)22-16/h12-20H,8-11H2,1-7H3/t12-,13-,14+,15-,16-/m1/s1. The van der Waals surface area contributed by atoms with E-state index in [0.29, 0.717) is 6.42 Å². The second-order valence-corrected chi connectivity index (χ2v) is 22.1. The summed E-state index contributed by atoms with van der Waals surface area (Å²) in [4.78, 5) is 0. The maximum atomic E-state index is 10.0. The summed E-state index contributed by atoms with van der Waals surface area (Å²) in [5, 5.41) is 38.9. The Labute approximate surface area is 165 Å². The molecule has 11 heteroatoms. The molecule has 1 aliphatic rings. The molecular formula is C16H38O8Si3. The lowest BCUT2D eigenvalue weighted by Gasteiger charge is -2.40. The number of hydrogen-bond acceptors (Lipinski definition) is 8. The topological polar surface area (TPSA) is 118 Å². The molecule has 0 aromatic rings. The van der Waals surface area contributed by atoms with Crippen molar-refractivity contribution in [1.82, 2.24) is 0 Å². The number of rotatable bonds is 10. The van der Waals surface area contributed by atoms with Gasteiger partial charge in [0.2, 0.25) is 0 Å². The quantitative estimate of drug-likeness (QED) is 0.292. The van der Waals surface area contributed by atoms with Gasteiger partial charge < -0.3 is 38.1 Å². The molecule has 0 aromatic carbocycles. The molecule has 4 N–H and O–H groups in total. The number of ether oxygens (including phenoxy) is 2. The summed E-state index contributed by atoms with van der Waals surface area (Å²) in [6.45, 7) is 14.8. The van der Waals surface area contributed by atoms with Crippen LogP contribution in [0.2, 0.25) is 51.9 Å². The van der Waals surface area contributed by atoms with E-state index in [1.807, 2.05) is 0 Å². The fourth-order valence-corrected chi connectivity index (χ4v) is 15.7. The van der Waals surface area contributed by atoms with Crippen LogP contribution in [0.3, 0.4) is 0 Å². The van der Waals surface area contributed by atoms with Crippen LogP contribution in [0.15, 0.2) is 0 Å². The summed E-state index contributed by atoms with van der Waals surface area (Å²) in [5.41, 5.74) is 0. The van der Waals surface area contributed by atoms with Crippen molar-refractivity contribution < 1.29 is 38.1 Å². The molecule has 0 aliphatic carbocycles. The summed E-state index contributed by atoms with van der Waals surface area (Å²) in [6.07, 6.45) is -5.57. The molecule has 1 fully saturated rings. The summed E-state index contributed by atoms with van der Waals surface area (Å²) in [5.74, 6) is 0. The van der Waals surface area contributed by atoms with Gasteiger partial charge in [-0.2, -0.15) is 0 Å². The molecule has 0 aromatic heterocycles. The van der Waals surface area contributed by atoms with Gasteiger partial charge >= 0.3 is 8.56 Å². The highest BCUT2D eigenvalue weighted by molar-refractivity contribution is 6.87. The van der Waals surface area contributed by atoms with Crippen molar-refractivity contribution in [2.45, 2.75) is 89.0 Å². The molecule has 162 valence electrons. The largest absolute Gasteiger partial charge is 0.437 e. The molecule has 0 amide bonds.